The highest BCUT2D eigenvalue weighted by molar-refractivity contribution is 7.91. The van der Waals surface area contributed by atoms with Gasteiger partial charge in [-0.1, -0.05) is 42.5 Å². The van der Waals surface area contributed by atoms with Gasteiger partial charge in [0.1, 0.15) is 0 Å². The molecule has 0 spiro atoms. The van der Waals surface area contributed by atoms with Crippen LogP contribution in [0.2, 0.25) is 0 Å². The van der Waals surface area contributed by atoms with Crippen LogP contribution < -0.4 is 15.7 Å². The topological polar surface area (TPSA) is 81.7 Å². The van der Waals surface area contributed by atoms with Crippen molar-refractivity contribution < 1.29 is 13.6 Å². The van der Waals surface area contributed by atoms with E-state index in [2.05, 4.69) is 15.7 Å². The lowest BCUT2D eigenvalue weighted by atomic mass is 10.1. The van der Waals surface area contributed by atoms with Crippen molar-refractivity contribution in [1.82, 2.24) is 10.8 Å². The number of hydrogen-bond acceptors (Lipinski definition) is 6. The average Bonchev–Trinajstić information content (AvgIpc) is 2.67. The second kappa shape index (κ2) is 7.97. The molecule has 3 N–H and O–H groups in total. The number of sulfone groups is 1. The number of hydrogen-bond donors (Lipinski definition) is 3. The Bertz CT molecular complexity index is 790. The van der Waals surface area contributed by atoms with Crippen LogP contribution in [0.5, 0.6) is 0 Å². The van der Waals surface area contributed by atoms with Crippen molar-refractivity contribution in [3.05, 3.63) is 60.2 Å². The van der Waals surface area contributed by atoms with Crippen LogP contribution in [0.15, 0.2) is 59.5 Å². The Labute approximate surface area is 148 Å². The lowest BCUT2D eigenvalue weighted by molar-refractivity contribution is 0.134. The molecular formula is C18H23N3O3S. The number of hydroxylamine groups is 1. The highest BCUT2D eigenvalue weighted by atomic mass is 32.2. The second-order valence-electron chi connectivity index (χ2n) is 6.08. The van der Waals surface area contributed by atoms with Gasteiger partial charge in [-0.3, -0.25) is 0 Å². The quantitative estimate of drug-likeness (QED) is 0.678. The average molecular weight is 361 g/mol. The zero-order valence-electron chi connectivity index (χ0n) is 13.9. The Morgan fingerprint density at radius 2 is 1.68 bits per heavy atom. The summed E-state index contributed by atoms with van der Waals surface area (Å²) in [5.74, 6) is -0.212. The summed E-state index contributed by atoms with van der Waals surface area (Å²) in [7, 11) is -3.58. The number of piperazine rings is 1. The highest BCUT2D eigenvalue weighted by Gasteiger charge is 2.26. The van der Waals surface area contributed by atoms with Crippen molar-refractivity contribution in [3.8, 4) is 0 Å². The minimum Gasteiger partial charge on any atom is -0.368 e. The lowest BCUT2D eigenvalue weighted by Crippen LogP contribution is -2.44. The molecule has 1 atom stereocenters. The largest absolute Gasteiger partial charge is 0.368 e. The molecular weight excluding hydrogens is 338 g/mol. The molecule has 134 valence electrons. The minimum absolute atomic E-state index is 0.212. The SMILES string of the molecule is O=S(=O)(CC(NO)c1ccccc1)c1ccccc1N1CCNCC1. The Balaban J connectivity index is 1.89. The van der Waals surface area contributed by atoms with Gasteiger partial charge in [0, 0.05) is 26.2 Å². The zero-order chi connectivity index (χ0) is 17.7. The molecule has 0 saturated carbocycles. The van der Waals surface area contributed by atoms with E-state index < -0.39 is 15.9 Å². The van der Waals surface area contributed by atoms with E-state index in [9.17, 15) is 13.6 Å². The van der Waals surface area contributed by atoms with E-state index in [0.717, 1.165) is 37.4 Å². The number of benzene rings is 2. The highest BCUT2D eigenvalue weighted by Crippen LogP contribution is 2.28. The van der Waals surface area contributed by atoms with Crippen LogP contribution in [0.3, 0.4) is 0 Å². The Morgan fingerprint density at radius 1 is 1.04 bits per heavy atom. The van der Waals surface area contributed by atoms with Gasteiger partial charge in [0.25, 0.3) is 0 Å². The molecule has 1 saturated heterocycles. The van der Waals surface area contributed by atoms with Gasteiger partial charge in [0.05, 0.1) is 22.4 Å². The van der Waals surface area contributed by atoms with Crippen LogP contribution in [0, 0.1) is 0 Å². The summed E-state index contributed by atoms with van der Waals surface area (Å²) in [5.41, 5.74) is 3.60. The van der Waals surface area contributed by atoms with Crippen molar-refractivity contribution in [2.45, 2.75) is 10.9 Å². The van der Waals surface area contributed by atoms with Crippen molar-refractivity contribution >= 4 is 15.5 Å². The van der Waals surface area contributed by atoms with Gasteiger partial charge in [0.2, 0.25) is 0 Å². The van der Waals surface area contributed by atoms with Crippen molar-refractivity contribution in [3.63, 3.8) is 0 Å². The molecule has 0 aliphatic carbocycles. The molecule has 1 aliphatic heterocycles. The third-order valence-corrected chi connectivity index (χ3v) is 6.19. The third-order valence-electron chi connectivity index (χ3n) is 4.40. The van der Waals surface area contributed by atoms with Crippen LogP contribution >= 0.6 is 0 Å². The Kier molecular flexibility index (Phi) is 5.70. The molecule has 0 amide bonds. The molecule has 0 bridgehead atoms. The molecule has 0 aromatic heterocycles. The third kappa shape index (κ3) is 4.19. The maximum absolute atomic E-state index is 13.0. The smallest absolute Gasteiger partial charge is 0.182 e. The fraction of sp³-hybridized carbons (Fsp3) is 0.333. The molecule has 1 heterocycles. The molecule has 0 radical (unpaired) electrons. The van der Waals surface area contributed by atoms with Gasteiger partial charge >= 0.3 is 0 Å². The van der Waals surface area contributed by atoms with Gasteiger partial charge in [-0.2, -0.15) is 5.48 Å². The van der Waals surface area contributed by atoms with Crippen molar-refractivity contribution in [1.29, 1.82) is 0 Å². The van der Waals surface area contributed by atoms with E-state index in [1.165, 1.54) is 0 Å². The summed E-state index contributed by atoms with van der Waals surface area (Å²) < 4.78 is 26.1. The summed E-state index contributed by atoms with van der Waals surface area (Å²) in [4.78, 5) is 2.40. The summed E-state index contributed by atoms with van der Waals surface area (Å²) in [6.07, 6.45) is 0. The number of para-hydroxylation sites is 1. The van der Waals surface area contributed by atoms with Crippen molar-refractivity contribution in [2.24, 2.45) is 0 Å². The molecule has 6 nitrogen and oxygen atoms in total. The molecule has 1 unspecified atom stereocenters. The van der Waals surface area contributed by atoms with Gasteiger partial charge in [-0.05, 0) is 17.7 Å². The van der Waals surface area contributed by atoms with E-state index in [0.29, 0.717) is 4.90 Å². The van der Waals surface area contributed by atoms with E-state index in [-0.39, 0.29) is 5.75 Å². The number of rotatable bonds is 6. The standard InChI is InChI=1S/C18H23N3O3S/c22-20-16(15-6-2-1-3-7-15)14-25(23,24)18-9-5-4-8-17(18)21-12-10-19-11-13-21/h1-9,16,19-20,22H,10-14H2. The lowest BCUT2D eigenvalue weighted by Gasteiger charge is -2.31. The predicted octanol–water partition coefficient (Wildman–Crippen LogP) is 1.59. The van der Waals surface area contributed by atoms with E-state index in [1.807, 2.05) is 30.3 Å². The van der Waals surface area contributed by atoms with E-state index in [1.54, 1.807) is 24.3 Å². The monoisotopic (exact) mass is 361 g/mol. The van der Waals surface area contributed by atoms with Gasteiger partial charge in [0.15, 0.2) is 9.84 Å². The molecule has 2 aromatic rings. The van der Waals surface area contributed by atoms with Gasteiger partial charge < -0.3 is 15.4 Å². The molecule has 25 heavy (non-hydrogen) atoms. The number of nitrogens with zero attached hydrogens (tertiary/aromatic N) is 1. The summed E-state index contributed by atoms with van der Waals surface area (Å²) in [5, 5.41) is 12.7. The fourth-order valence-electron chi connectivity index (χ4n) is 3.09. The Morgan fingerprint density at radius 3 is 2.36 bits per heavy atom. The summed E-state index contributed by atoms with van der Waals surface area (Å²) >= 11 is 0. The first kappa shape index (κ1) is 17.9. The minimum atomic E-state index is -3.58. The van der Waals surface area contributed by atoms with Gasteiger partial charge in [-0.25, -0.2) is 8.42 Å². The maximum Gasteiger partial charge on any atom is 0.182 e. The normalized spacial score (nSPS) is 16.6. The zero-order valence-corrected chi connectivity index (χ0v) is 14.7. The van der Waals surface area contributed by atoms with E-state index in [4.69, 9.17) is 0 Å². The van der Waals surface area contributed by atoms with Crippen LogP contribution in [0.1, 0.15) is 11.6 Å². The molecule has 1 fully saturated rings. The summed E-state index contributed by atoms with van der Waals surface area (Å²) in [6.45, 7) is 3.21. The first-order valence-electron chi connectivity index (χ1n) is 8.34. The van der Waals surface area contributed by atoms with Crippen LogP contribution in [0.25, 0.3) is 0 Å². The first-order valence-corrected chi connectivity index (χ1v) is 9.99. The van der Waals surface area contributed by atoms with Crippen LogP contribution in [-0.2, 0) is 9.84 Å². The maximum atomic E-state index is 13.0. The van der Waals surface area contributed by atoms with Crippen LogP contribution in [0.4, 0.5) is 5.69 Å². The Hall–Kier alpha value is -1.93. The second-order valence-corrected chi connectivity index (χ2v) is 8.08. The number of nitrogens with one attached hydrogen (secondary N) is 2. The first-order chi connectivity index (χ1) is 12.1. The fourth-order valence-corrected chi connectivity index (χ4v) is 4.78. The number of anilines is 1. The molecule has 1 aliphatic rings. The predicted molar refractivity (Wildman–Crippen MR) is 97.7 cm³/mol. The molecule has 3 rings (SSSR count). The molecule has 7 heteroatoms. The van der Waals surface area contributed by atoms with E-state index >= 15 is 0 Å². The van der Waals surface area contributed by atoms with Gasteiger partial charge in [-0.15, -0.1) is 0 Å². The van der Waals surface area contributed by atoms with Crippen molar-refractivity contribution in [2.75, 3.05) is 36.8 Å². The molecule has 2 aromatic carbocycles. The summed E-state index contributed by atoms with van der Waals surface area (Å²) in [6, 6.07) is 15.5. The van der Waals surface area contributed by atoms with Crippen LogP contribution in [-0.4, -0.2) is 45.6 Å².